The van der Waals surface area contributed by atoms with E-state index in [4.69, 9.17) is 0 Å². The van der Waals surface area contributed by atoms with Crippen molar-refractivity contribution in [2.24, 2.45) is 5.92 Å². The number of amides is 1. The van der Waals surface area contributed by atoms with Crippen LogP contribution in [0.2, 0.25) is 0 Å². The van der Waals surface area contributed by atoms with Crippen LogP contribution in [-0.4, -0.2) is 22.9 Å². The van der Waals surface area contributed by atoms with Gasteiger partial charge in [-0.05, 0) is 50.9 Å². The quantitative estimate of drug-likeness (QED) is 0.598. The summed E-state index contributed by atoms with van der Waals surface area (Å²) < 4.78 is 0. The van der Waals surface area contributed by atoms with Gasteiger partial charge in [0.25, 0.3) is 0 Å². The summed E-state index contributed by atoms with van der Waals surface area (Å²) in [6, 6.07) is 0. The Morgan fingerprint density at radius 3 is 2.50 bits per heavy atom. The van der Waals surface area contributed by atoms with Crippen LogP contribution < -0.4 is 0 Å². The fourth-order valence-electron chi connectivity index (χ4n) is 5.06. The largest absolute Gasteiger partial charge is 0.333 e. The van der Waals surface area contributed by atoms with Gasteiger partial charge in [0.15, 0.2) is 0 Å². The van der Waals surface area contributed by atoms with E-state index in [1.54, 1.807) is 18.1 Å². The predicted octanol–water partition coefficient (Wildman–Crippen LogP) is 4.45. The molecule has 0 aromatic carbocycles. The highest BCUT2D eigenvalue weighted by atomic mass is 16.2. The Bertz CT molecular complexity index is 417. The fourth-order valence-corrected chi connectivity index (χ4v) is 5.06. The Balaban J connectivity index is 1.95. The van der Waals surface area contributed by atoms with Gasteiger partial charge in [0.2, 0.25) is 5.91 Å². The SMILES string of the molecule is CC(=O)N1CC2=C(CCCC2)C(C)CC12CCCCC2. The van der Waals surface area contributed by atoms with Crippen LogP contribution >= 0.6 is 0 Å². The molecule has 3 aliphatic rings. The summed E-state index contributed by atoms with van der Waals surface area (Å²) in [4.78, 5) is 14.6. The van der Waals surface area contributed by atoms with Crippen LogP contribution in [0.5, 0.6) is 0 Å². The first-order chi connectivity index (χ1) is 9.62. The van der Waals surface area contributed by atoms with E-state index in [0.717, 1.165) is 6.54 Å². The summed E-state index contributed by atoms with van der Waals surface area (Å²) in [5, 5.41) is 0. The highest BCUT2D eigenvalue weighted by Gasteiger charge is 2.43. The minimum atomic E-state index is 0.181. The summed E-state index contributed by atoms with van der Waals surface area (Å²) in [5.74, 6) is 0.992. The van der Waals surface area contributed by atoms with Crippen molar-refractivity contribution in [3.63, 3.8) is 0 Å². The lowest BCUT2D eigenvalue weighted by molar-refractivity contribution is -0.136. The van der Waals surface area contributed by atoms with E-state index in [1.807, 2.05) is 0 Å². The molecule has 1 atom stereocenters. The maximum absolute atomic E-state index is 12.3. The van der Waals surface area contributed by atoms with Crippen molar-refractivity contribution < 1.29 is 4.79 Å². The molecule has 1 heterocycles. The number of hydrogen-bond acceptors (Lipinski definition) is 1. The Morgan fingerprint density at radius 2 is 1.80 bits per heavy atom. The second kappa shape index (κ2) is 5.54. The number of carbonyl (C=O) groups is 1. The molecule has 1 spiro atoms. The van der Waals surface area contributed by atoms with E-state index in [1.165, 1.54) is 64.2 Å². The summed E-state index contributed by atoms with van der Waals surface area (Å²) in [7, 11) is 0. The molecular formula is C18H29NO. The molecule has 1 aliphatic heterocycles. The Kier molecular flexibility index (Phi) is 3.92. The van der Waals surface area contributed by atoms with E-state index in [9.17, 15) is 4.79 Å². The van der Waals surface area contributed by atoms with Gasteiger partial charge in [-0.2, -0.15) is 0 Å². The Labute approximate surface area is 123 Å². The normalized spacial score (nSPS) is 30.1. The fraction of sp³-hybridized carbons (Fsp3) is 0.833. The number of nitrogens with zero attached hydrogens (tertiary/aromatic N) is 1. The highest BCUT2D eigenvalue weighted by molar-refractivity contribution is 5.74. The van der Waals surface area contributed by atoms with E-state index in [0.29, 0.717) is 11.8 Å². The van der Waals surface area contributed by atoms with Gasteiger partial charge >= 0.3 is 0 Å². The van der Waals surface area contributed by atoms with Gasteiger partial charge < -0.3 is 4.90 Å². The molecule has 2 heteroatoms. The average molecular weight is 275 g/mol. The first-order valence-electron chi connectivity index (χ1n) is 8.61. The summed E-state index contributed by atoms with van der Waals surface area (Å²) in [6.45, 7) is 5.14. The van der Waals surface area contributed by atoms with Crippen molar-refractivity contribution in [3.05, 3.63) is 11.1 Å². The lowest BCUT2D eigenvalue weighted by Gasteiger charge is -2.46. The number of rotatable bonds is 0. The van der Waals surface area contributed by atoms with Crippen LogP contribution in [0.25, 0.3) is 0 Å². The average Bonchev–Trinajstić information content (AvgIpc) is 2.56. The maximum Gasteiger partial charge on any atom is 0.220 e. The van der Waals surface area contributed by atoms with E-state index in [-0.39, 0.29) is 5.54 Å². The van der Waals surface area contributed by atoms with Crippen molar-refractivity contribution in [2.45, 2.75) is 83.6 Å². The van der Waals surface area contributed by atoms with Crippen LogP contribution in [0, 0.1) is 5.92 Å². The smallest absolute Gasteiger partial charge is 0.220 e. The molecule has 0 aromatic rings. The standard InChI is InChI=1S/C18H29NO/c1-14-12-18(10-6-3-7-11-18)19(15(2)20)13-16-8-4-5-9-17(14)16/h14H,3-13H2,1-2H3. The number of carbonyl (C=O) groups excluding carboxylic acids is 1. The third-order valence-corrected chi connectivity index (χ3v) is 6.00. The molecule has 0 radical (unpaired) electrons. The van der Waals surface area contributed by atoms with E-state index in [2.05, 4.69) is 11.8 Å². The molecule has 0 bridgehead atoms. The van der Waals surface area contributed by atoms with Crippen molar-refractivity contribution in [1.82, 2.24) is 4.90 Å². The van der Waals surface area contributed by atoms with Gasteiger partial charge in [0, 0.05) is 19.0 Å². The second-order valence-corrected chi connectivity index (χ2v) is 7.33. The van der Waals surface area contributed by atoms with Crippen molar-refractivity contribution in [3.8, 4) is 0 Å². The zero-order valence-corrected chi connectivity index (χ0v) is 13.2. The summed E-state index contributed by atoms with van der Waals surface area (Å²) in [6.07, 6.45) is 12.9. The van der Waals surface area contributed by atoms with Crippen molar-refractivity contribution >= 4 is 5.91 Å². The first kappa shape index (κ1) is 14.2. The highest BCUT2D eigenvalue weighted by Crippen LogP contribution is 2.45. The molecule has 0 saturated heterocycles. The van der Waals surface area contributed by atoms with Crippen molar-refractivity contribution in [1.29, 1.82) is 0 Å². The molecule has 0 aromatic heterocycles. The molecular weight excluding hydrogens is 246 g/mol. The molecule has 112 valence electrons. The van der Waals surface area contributed by atoms with Gasteiger partial charge in [-0.1, -0.05) is 37.3 Å². The molecule has 1 amide bonds. The van der Waals surface area contributed by atoms with Gasteiger partial charge in [-0.15, -0.1) is 0 Å². The van der Waals surface area contributed by atoms with Gasteiger partial charge in [-0.3, -0.25) is 4.79 Å². The molecule has 1 fully saturated rings. The summed E-state index contributed by atoms with van der Waals surface area (Å²) >= 11 is 0. The zero-order chi connectivity index (χ0) is 14.2. The number of allylic oxidation sites excluding steroid dienone is 1. The molecule has 2 aliphatic carbocycles. The Morgan fingerprint density at radius 1 is 1.10 bits per heavy atom. The molecule has 2 nitrogen and oxygen atoms in total. The molecule has 1 saturated carbocycles. The predicted molar refractivity (Wildman–Crippen MR) is 82.5 cm³/mol. The van der Waals surface area contributed by atoms with Gasteiger partial charge in [-0.25, -0.2) is 0 Å². The minimum absolute atomic E-state index is 0.181. The van der Waals surface area contributed by atoms with Crippen LogP contribution in [-0.2, 0) is 4.79 Å². The maximum atomic E-state index is 12.3. The van der Waals surface area contributed by atoms with E-state index < -0.39 is 0 Å². The minimum Gasteiger partial charge on any atom is -0.333 e. The van der Waals surface area contributed by atoms with Gasteiger partial charge in [0.05, 0.1) is 0 Å². The third kappa shape index (κ3) is 2.42. The second-order valence-electron chi connectivity index (χ2n) is 7.33. The monoisotopic (exact) mass is 275 g/mol. The van der Waals surface area contributed by atoms with Crippen LogP contribution in [0.4, 0.5) is 0 Å². The summed E-state index contributed by atoms with van der Waals surface area (Å²) in [5.41, 5.74) is 3.51. The lowest BCUT2D eigenvalue weighted by Crippen LogP contribution is -2.52. The third-order valence-electron chi connectivity index (χ3n) is 6.00. The van der Waals surface area contributed by atoms with E-state index >= 15 is 0 Å². The van der Waals surface area contributed by atoms with Crippen LogP contribution in [0.1, 0.15) is 78.1 Å². The first-order valence-corrected chi connectivity index (χ1v) is 8.61. The van der Waals surface area contributed by atoms with Crippen LogP contribution in [0.3, 0.4) is 0 Å². The van der Waals surface area contributed by atoms with Gasteiger partial charge in [0.1, 0.15) is 0 Å². The van der Waals surface area contributed by atoms with Crippen molar-refractivity contribution in [2.75, 3.05) is 6.54 Å². The molecule has 3 rings (SSSR count). The molecule has 1 unspecified atom stereocenters. The van der Waals surface area contributed by atoms with Crippen LogP contribution in [0.15, 0.2) is 11.1 Å². The lowest BCUT2D eigenvalue weighted by atomic mass is 9.73. The topological polar surface area (TPSA) is 20.3 Å². The molecule has 0 N–H and O–H groups in total. The Hall–Kier alpha value is -0.790. The number of hydrogen-bond donors (Lipinski definition) is 0. The molecule has 20 heavy (non-hydrogen) atoms. The zero-order valence-electron chi connectivity index (χ0n) is 13.2.